The fourth-order valence-electron chi connectivity index (χ4n) is 6.02. The minimum Gasteiger partial charge on any atom is -0.369 e. The highest BCUT2D eigenvalue weighted by molar-refractivity contribution is 7.91. The summed E-state index contributed by atoms with van der Waals surface area (Å²) in [7, 11) is -2.95. The van der Waals surface area contributed by atoms with E-state index >= 15 is 0 Å². The van der Waals surface area contributed by atoms with Crippen LogP contribution in [-0.4, -0.2) is 48.8 Å². The van der Waals surface area contributed by atoms with E-state index in [1.54, 1.807) is 23.7 Å². The maximum atomic E-state index is 13.6. The minimum atomic E-state index is -2.95. The Morgan fingerprint density at radius 2 is 1.82 bits per heavy atom. The molecule has 3 aliphatic rings. The molecule has 0 amide bonds. The number of nitriles is 1. The molecule has 3 aromatic rings. The summed E-state index contributed by atoms with van der Waals surface area (Å²) in [4.78, 5) is 26.1. The lowest BCUT2D eigenvalue weighted by atomic mass is 9.73. The van der Waals surface area contributed by atoms with Crippen molar-refractivity contribution in [2.75, 3.05) is 29.5 Å². The molecule has 0 spiro atoms. The van der Waals surface area contributed by atoms with Crippen LogP contribution in [0.4, 0.5) is 5.69 Å². The average molecular weight is 595 g/mol. The number of thiazole rings is 1. The Morgan fingerprint density at radius 3 is 2.50 bits per heavy atom. The van der Waals surface area contributed by atoms with E-state index in [1.165, 1.54) is 0 Å². The Morgan fingerprint density at radius 1 is 1.10 bits per heavy atom. The van der Waals surface area contributed by atoms with Gasteiger partial charge in [-0.15, -0.1) is 11.3 Å². The lowest BCUT2D eigenvalue weighted by molar-refractivity contribution is -0.125. The summed E-state index contributed by atoms with van der Waals surface area (Å²) >= 11 is 7.85. The van der Waals surface area contributed by atoms with Gasteiger partial charge in [-0.1, -0.05) is 36.6 Å². The number of ketones is 1. The van der Waals surface area contributed by atoms with Crippen LogP contribution in [0.3, 0.4) is 0 Å². The van der Waals surface area contributed by atoms with Gasteiger partial charge in [-0.2, -0.15) is 5.26 Å². The molecule has 1 saturated heterocycles. The Kier molecular flexibility index (Phi) is 7.45. The topological polar surface area (TPSA) is 104 Å². The van der Waals surface area contributed by atoms with Gasteiger partial charge in [0, 0.05) is 55.0 Å². The lowest BCUT2D eigenvalue weighted by Crippen LogP contribution is -2.40. The first-order chi connectivity index (χ1) is 19.3. The number of Topliss-reactive ketones (excluding diaryl/α,β-unsaturated/α-hetero) is 1. The maximum Gasteiger partial charge on any atom is 0.153 e. The van der Waals surface area contributed by atoms with Gasteiger partial charge >= 0.3 is 0 Å². The first-order valence-electron chi connectivity index (χ1n) is 13.9. The van der Waals surface area contributed by atoms with Crippen LogP contribution in [0.2, 0.25) is 5.02 Å². The van der Waals surface area contributed by atoms with Crippen molar-refractivity contribution in [3.8, 4) is 27.1 Å². The highest BCUT2D eigenvalue weighted by atomic mass is 35.5. The van der Waals surface area contributed by atoms with Crippen LogP contribution in [0.15, 0.2) is 42.7 Å². The zero-order chi connectivity index (χ0) is 27.9. The highest BCUT2D eigenvalue weighted by Crippen LogP contribution is 2.51. The van der Waals surface area contributed by atoms with E-state index in [0.717, 1.165) is 70.9 Å². The molecule has 0 N–H and O–H groups in total. The minimum absolute atomic E-state index is 0.00476. The normalized spacial score (nSPS) is 23.4. The predicted molar refractivity (Wildman–Crippen MR) is 158 cm³/mol. The number of carbonyl (C=O) groups is 1. The number of pyridine rings is 1. The summed E-state index contributed by atoms with van der Waals surface area (Å²) in [5.74, 6) is 0.406. The smallest absolute Gasteiger partial charge is 0.153 e. The number of benzene rings is 1. The largest absolute Gasteiger partial charge is 0.369 e. The summed E-state index contributed by atoms with van der Waals surface area (Å²) < 4.78 is 23.8. The molecular weight excluding hydrogens is 564 g/mol. The van der Waals surface area contributed by atoms with Crippen molar-refractivity contribution in [3.63, 3.8) is 0 Å². The second-order valence-corrected chi connectivity index (χ2v) is 15.1. The number of rotatable bonds is 7. The summed E-state index contributed by atoms with van der Waals surface area (Å²) in [5, 5.41) is 11.0. The molecule has 0 radical (unpaired) electrons. The van der Waals surface area contributed by atoms with Crippen molar-refractivity contribution in [2.24, 2.45) is 11.3 Å². The Labute approximate surface area is 244 Å². The first-order valence-corrected chi connectivity index (χ1v) is 16.9. The molecule has 10 heteroatoms. The Balaban J connectivity index is 1.35. The fraction of sp³-hybridized carbons (Fsp3) is 0.467. The number of nitrogens with zero attached hydrogens (tertiary/aromatic N) is 4. The third-order valence-corrected chi connectivity index (χ3v) is 11.6. The lowest BCUT2D eigenvalue weighted by Gasteiger charge is -2.31. The first kappa shape index (κ1) is 27.4. The number of carbonyl (C=O) groups excluding carboxylic acids is 1. The summed E-state index contributed by atoms with van der Waals surface area (Å²) in [5.41, 5.74) is 3.36. The summed E-state index contributed by atoms with van der Waals surface area (Å²) in [6.45, 7) is 0.991. The predicted octanol–water partition coefficient (Wildman–Crippen LogP) is 6.30. The van der Waals surface area contributed by atoms with Crippen LogP contribution in [0, 0.1) is 22.7 Å². The maximum absolute atomic E-state index is 13.6. The van der Waals surface area contributed by atoms with E-state index in [-0.39, 0.29) is 29.1 Å². The molecule has 1 aromatic carbocycles. The van der Waals surface area contributed by atoms with Crippen molar-refractivity contribution < 1.29 is 13.2 Å². The SMILES string of the molecule is N#CC1(CC(=O)[C@@H]2CCCC[C@H]2c2nc(-c3cncc(Cl)c3)sc2-c2ccc(N3CCS(=O)(=O)CC3)cc2)CC1. The quantitative estimate of drug-likeness (QED) is 0.316. The van der Waals surface area contributed by atoms with Crippen LogP contribution < -0.4 is 4.90 Å². The Bertz CT molecular complexity index is 1560. The second-order valence-electron chi connectivity index (χ2n) is 11.3. The molecule has 2 saturated carbocycles. The Hall–Kier alpha value is -2.80. The molecule has 0 bridgehead atoms. The zero-order valence-electron chi connectivity index (χ0n) is 22.2. The fourth-order valence-corrected chi connectivity index (χ4v) is 8.52. The number of hydrogen-bond acceptors (Lipinski definition) is 8. The molecular formula is C30H31ClN4O3S2. The van der Waals surface area contributed by atoms with Crippen LogP contribution in [0.5, 0.6) is 0 Å². The summed E-state index contributed by atoms with van der Waals surface area (Å²) in [6.07, 6.45) is 9.11. The summed E-state index contributed by atoms with van der Waals surface area (Å²) in [6, 6.07) is 12.5. The van der Waals surface area contributed by atoms with E-state index < -0.39 is 15.3 Å². The van der Waals surface area contributed by atoms with Crippen LogP contribution in [0.25, 0.3) is 21.0 Å². The van der Waals surface area contributed by atoms with Crippen LogP contribution in [0.1, 0.15) is 56.6 Å². The van der Waals surface area contributed by atoms with Gasteiger partial charge in [-0.3, -0.25) is 9.78 Å². The van der Waals surface area contributed by atoms with Gasteiger partial charge in [0.25, 0.3) is 0 Å². The third kappa shape index (κ3) is 5.67. The van der Waals surface area contributed by atoms with Gasteiger partial charge in [0.1, 0.15) is 10.8 Å². The second kappa shape index (κ2) is 10.9. The van der Waals surface area contributed by atoms with E-state index in [1.807, 2.05) is 18.2 Å². The van der Waals surface area contributed by atoms with E-state index in [0.29, 0.717) is 24.5 Å². The van der Waals surface area contributed by atoms with Crippen LogP contribution >= 0.6 is 22.9 Å². The van der Waals surface area contributed by atoms with E-state index in [2.05, 4.69) is 28.1 Å². The molecule has 208 valence electrons. The molecule has 2 atom stereocenters. The third-order valence-electron chi connectivity index (χ3n) is 8.58. The number of hydrogen-bond donors (Lipinski definition) is 0. The molecule has 2 aromatic heterocycles. The van der Waals surface area contributed by atoms with Crippen molar-refractivity contribution in [1.29, 1.82) is 5.26 Å². The molecule has 2 aliphatic carbocycles. The number of halogens is 1. The van der Waals surface area contributed by atoms with Gasteiger partial charge in [0.2, 0.25) is 0 Å². The van der Waals surface area contributed by atoms with Gasteiger partial charge in [-0.05, 0) is 49.4 Å². The number of sulfone groups is 1. The van der Waals surface area contributed by atoms with Gasteiger partial charge < -0.3 is 4.90 Å². The zero-order valence-corrected chi connectivity index (χ0v) is 24.6. The molecule has 0 unspecified atom stereocenters. The average Bonchev–Trinajstić information content (AvgIpc) is 3.59. The van der Waals surface area contributed by atoms with Crippen molar-refractivity contribution >= 4 is 44.2 Å². The highest BCUT2D eigenvalue weighted by Gasteiger charge is 2.47. The molecule has 1 aliphatic heterocycles. The molecule has 3 heterocycles. The van der Waals surface area contributed by atoms with Crippen LogP contribution in [-0.2, 0) is 14.6 Å². The monoisotopic (exact) mass is 594 g/mol. The van der Waals surface area contributed by atoms with E-state index in [4.69, 9.17) is 16.6 Å². The molecule has 6 rings (SSSR count). The van der Waals surface area contributed by atoms with Gasteiger partial charge in [0.05, 0.1) is 38.6 Å². The van der Waals surface area contributed by atoms with E-state index in [9.17, 15) is 18.5 Å². The van der Waals surface area contributed by atoms with Crippen molar-refractivity contribution in [2.45, 2.75) is 50.9 Å². The molecule has 3 fully saturated rings. The standard InChI is InChI=1S/C30H31ClN4O3S2/c31-22-15-21(17-33-18-22)29-34-27(25-4-2-1-3-24(25)26(36)16-30(19-32)9-10-30)28(39-29)20-5-7-23(8-6-20)35-11-13-40(37,38)14-12-35/h5-8,15,17-18,24-25H,1-4,9-14,16H2/t24-,25-/m1/s1. The van der Waals surface area contributed by atoms with Gasteiger partial charge in [0.15, 0.2) is 9.84 Å². The molecule has 40 heavy (non-hydrogen) atoms. The molecule has 7 nitrogen and oxygen atoms in total. The van der Waals surface area contributed by atoms with Gasteiger partial charge in [-0.25, -0.2) is 13.4 Å². The number of aromatic nitrogens is 2. The van der Waals surface area contributed by atoms with Crippen molar-refractivity contribution in [3.05, 3.63) is 53.4 Å². The van der Waals surface area contributed by atoms with Crippen molar-refractivity contribution in [1.82, 2.24) is 9.97 Å². The number of anilines is 1.